The number of hydrogen-bond acceptors (Lipinski definition) is 5. The molecular weight excluding hydrogens is 374 g/mol. The Bertz CT molecular complexity index is 781. The van der Waals surface area contributed by atoms with E-state index in [9.17, 15) is 14.4 Å². The summed E-state index contributed by atoms with van der Waals surface area (Å²) >= 11 is 0. The summed E-state index contributed by atoms with van der Waals surface area (Å²) < 4.78 is 10.6. The lowest BCUT2D eigenvalue weighted by Gasteiger charge is -2.36. The molecule has 0 bridgehead atoms. The van der Waals surface area contributed by atoms with Crippen molar-refractivity contribution in [2.24, 2.45) is 5.92 Å². The van der Waals surface area contributed by atoms with Crippen LogP contribution in [-0.2, 0) is 14.3 Å². The maximum Gasteiger partial charge on any atom is 0.410 e. The molecule has 2 aliphatic rings. The van der Waals surface area contributed by atoms with Crippen LogP contribution in [0, 0.1) is 5.92 Å². The van der Waals surface area contributed by atoms with E-state index in [4.69, 9.17) is 9.47 Å². The summed E-state index contributed by atoms with van der Waals surface area (Å²) in [4.78, 5) is 42.6. The number of rotatable bonds is 3. The number of carbonyl (C=O) groups is 3. The monoisotopic (exact) mass is 403 g/mol. The lowest BCUT2D eigenvalue weighted by atomic mass is 10.1. The van der Waals surface area contributed by atoms with Crippen molar-refractivity contribution in [1.82, 2.24) is 9.80 Å². The number of benzene rings is 1. The lowest BCUT2D eigenvalue weighted by molar-refractivity contribution is -0.137. The van der Waals surface area contributed by atoms with Crippen molar-refractivity contribution in [2.45, 2.75) is 32.8 Å². The van der Waals surface area contributed by atoms with Crippen molar-refractivity contribution in [1.29, 1.82) is 0 Å². The molecule has 1 atom stereocenters. The third-order valence-electron chi connectivity index (χ3n) is 5.08. The van der Waals surface area contributed by atoms with Crippen LogP contribution in [0.15, 0.2) is 24.3 Å². The van der Waals surface area contributed by atoms with Gasteiger partial charge in [0.2, 0.25) is 11.8 Å². The first-order valence-corrected chi connectivity index (χ1v) is 9.89. The third kappa shape index (κ3) is 4.99. The molecular formula is C21H29N3O5. The van der Waals surface area contributed by atoms with Crippen molar-refractivity contribution in [3.63, 3.8) is 0 Å². The minimum absolute atomic E-state index is 0.0346. The fourth-order valence-electron chi connectivity index (χ4n) is 3.60. The Morgan fingerprint density at radius 2 is 1.72 bits per heavy atom. The summed E-state index contributed by atoms with van der Waals surface area (Å²) in [6.45, 7) is 7.60. The molecule has 8 nitrogen and oxygen atoms in total. The zero-order valence-corrected chi connectivity index (χ0v) is 17.5. The van der Waals surface area contributed by atoms with Crippen LogP contribution in [0.5, 0.6) is 5.75 Å². The first-order valence-electron chi connectivity index (χ1n) is 9.89. The summed E-state index contributed by atoms with van der Waals surface area (Å²) in [5, 5.41) is 0. The molecule has 0 saturated carbocycles. The maximum atomic E-state index is 12.9. The Morgan fingerprint density at radius 1 is 1.07 bits per heavy atom. The van der Waals surface area contributed by atoms with Gasteiger partial charge < -0.3 is 24.2 Å². The largest absolute Gasteiger partial charge is 0.497 e. The van der Waals surface area contributed by atoms with E-state index in [1.54, 1.807) is 27.9 Å². The standard InChI is InChI=1S/C21H29N3O5/c1-21(2,3)29-20(27)23-10-8-22(9-11-23)19(26)15-12-18(25)24(14-15)16-6-5-7-17(13-16)28-4/h5-7,13,15H,8-12,14H2,1-4H3/t15-/m1/s1. The summed E-state index contributed by atoms with van der Waals surface area (Å²) in [5.74, 6) is 0.196. The van der Waals surface area contributed by atoms with Gasteiger partial charge in [-0.1, -0.05) is 6.07 Å². The quantitative estimate of drug-likeness (QED) is 0.773. The van der Waals surface area contributed by atoms with Crippen LogP contribution in [-0.4, -0.2) is 73.1 Å². The molecule has 1 aromatic rings. The molecule has 2 saturated heterocycles. The van der Waals surface area contributed by atoms with E-state index in [1.807, 2.05) is 39.0 Å². The number of carbonyl (C=O) groups excluding carboxylic acids is 3. The Morgan fingerprint density at radius 3 is 2.34 bits per heavy atom. The van der Waals surface area contributed by atoms with Gasteiger partial charge in [-0.3, -0.25) is 9.59 Å². The summed E-state index contributed by atoms with van der Waals surface area (Å²) in [7, 11) is 1.58. The average Bonchev–Trinajstić information content (AvgIpc) is 3.08. The van der Waals surface area contributed by atoms with Crippen LogP contribution in [0.2, 0.25) is 0 Å². The van der Waals surface area contributed by atoms with Crippen LogP contribution in [0.4, 0.5) is 10.5 Å². The number of anilines is 1. The van der Waals surface area contributed by atoms with Crippen molar-refractivity contribution in [2.75, 3.05) is 44.7 Å². The molecule has 0 unspecified atom stereocenters. The SMILES string of the molecule is COc1cccc(N2C[C@H](C(=O)N3CCN(C(=O)OC(C)(C)C)CC3)CC2=O)c1. The molecule has 0 spiro atoms. The molecule has 3 rings (SSSR count). The van der Waals surface area contributed by atoms with Crippen molar-refractivity contribution in [3.8, 4) is 5.75 Å². The second-order valence-corrected chi connectivity index (χ2v) is 8.40. The zero-order chi connectivity index (χ0) is 21.2. The fourth-order valence-corrected chi connectivity index (χ4v) is 3.60. The molecule has 0 radical (unpaired) electrons. The van der Waals surface area contributed by atoms with Gasteiger partial charge in [0, 0.05) is 50.9 Å². The van der Waals surface area contributed by atoms with E-state index in [2.05, 4.69) is 0 Å². The Labute approximate surface area is 171 Å². The summed E-state index contributed by atoms with van der Waals surface area (Å²) in [5.41, 5.74) is 0.192. The predicted octanol–water partition coefficient (Wildman–Crippen LogP) is 2.13. The molecule has 2 heterocycles. The summed E-state index contributed by atoms with van der Waals surface area (Å²) in [6, 6.07) is 7.28. The predicted molar refractivity (Wildman–Crippen MR) is 108 cm³/mol. The van der Waals surface area contributed by atoms with Gasteiger partial charge in [-0.05, 0) is 32.9 Å². The highest BCUT2D eigenvalue weighted by molar-refractivity contribution is 6.00. The molecule has 0 aliphatic carbocycles. The second-order valence-electron chi connectivity index (χ2n) is 8.40. The normalized spacial score (nSPS) is 20.1. The zero-order valence-electron chi connectivity index (χ0n) is 17.5. The van der Waals surface area contributed by atoms with Gasteiger partial charge in [-0.2, -0.15) is 0 Å². The molecule has 2 aliphatic heterocycles. The Balaban J connectivity index is 1.56. The van der Waals surface area contributed by atoms with Crippen molar-refractivity contribution < 1.29 is 23.9 Å². The van der Waals surface area contributed by atoms with Crippen molar-refractivity contribution in [3.05, 3.63) is 24.3 Å². The number of hydrogen-bond donors (Lipinski definition) is 0. The van der Waals surface area contributed by atoms with Crippen LogP contribution in [0.3, 0.4) is 0 Å². The highest BCUT2D eigenvalue weighted by Gasteiger charge is 2.38. The average molecular weight is 403 g/mol. The van der Waals surface area contributed by atoms with E-state index in [0.29, 0.717) is 38.5 Å². The highest BCUT2D eigenvalue weighted by Crippen LogP contribution is 2.29. The van der Waals surface area contributed by atoms with Crippen LogP contribution in [0.25, 0.3) is 0 Å². The van der Waals surface area contributed by atoms with Gasteiger partial charge in [0.05, 0.1) is 13.0 Å². The number of ether oxygens (including phenoxy) is 2. The van der Waals surface area contributed by atoms with Gasteiger partial charge in [0.1, 0.15) is 11.4 Å². The first-order chi connectivity index (χ1) is 13.7. The van der Waals surface area contributed by atoms with Crippen LogP contribution < -0.4 is 9.64 Å². The molecule has 29 heavy (non-hydrogen) atoms. The highest BCUT2D eigenvalue weighted by atomic mass is 16.6. The van der Waals surface area contributed by atoms with Crippen LogP contribution in [0.1, 0.15) is 27.2 Å². The van der Waals surface area contributed by atoms with Crippen LogP contribution >= 0.6 is 0 Å². The maximum absolute atomic E-state index is 12.9. The summed E-state index contributed by atoms with van der Waals surface area (Å²) in [6.07, 6.45) is -0.160. The third-order valence-corrected chi connectivity index (χ3v) is 5.08. The van der Waals surface area contributed by atoms with Gasteiger partial charge in [0.25, 0.3) is 0 Å². The van der Waals surface area contributed by atoms with Gasteiger partial charge >= 0.3 is 6.09 Å². The smallest absolute Gasteiger partial charge is 0.410 e. The minimum Gasteiger partial charge on any atom is -0.497 e. The first kappa shape index (κ1) is 21.0. The van der Waals surface area contributed by atoms with Crippen molar-refractivity contribution >= 4 is 23.6 Å². The van der Waals surface area contributed by atoms with Gasteiger partial charge in [-0.15, -0.1) is 0 Å². The Kier molecular flexibility index (Phi) is 6.00. The molecule has 8 heteroatoms. The van der Waals surface area contributed by atoms with E-state index < -0.39 is 5.60 Å². The van der Waals surface area contributed by atoms with E-state index >= 15 is 0 Å². The Hall–Kier alpha value is -2.77. The molecule has 1 aromatic carbocycles. The lowest BCUT2D eigenvalue weighted by Crippen LogP contribution is -2.53. The molecule has 158 valence electrons. The number of piperazine rings is 1. The van der Waals surface area contributed by atoms with E-state index in [1.165, 1.54) is 0 Å². The fraction of sp³-hybridized carbons (Fsp3) is 0.571. The van der Waals surface area contributed by atoms with Gasteiger partial charge in [-0.25, -0.2) is 4.79 Å². The number of methoxy groups -OCH3 is 1. The number of nitrogens with zero attached hydrogens (tertiary/aromatic N) is 3. The van der Waals surface area contributed by atoms with Gasteiger partial charge in [0.15, 0.2) is 0 Å². The molecule has 0 N–H and O–H groups in total. The van der Waals surface area contributed by atoms with E-state index in [-0.39, 0.29) is 30.2 Å². The second kappa shape index (κ2) is 8.31. The number of amides is 3. The molecule has 3 amide bonds. The minimum atomic E-state index is -0.544. The molecule has 2 fully saturated rings. The molecule has 0 aromatic heterocycles. The topological polar surface area (TPSA) is 79.4 Å². The van der Waals surface area contributed by atoms with E-state index in [0.717, 1.165) is 5.69 Å².